The number of tetrazole rings is 1. The van der Waals surface area contributed by atoms with Crippen LogP contribution in [0.4, 0.5) is 16.2 Å². The molecule has 1 aliphatic heterocycles. The number of hydrogen-bond donors (Lipinski definition) is 4. The zero-order valence-electron chi connectivity index (χ0n) is 25.8. The molecule has 5 rings (SSSR count). The van der Waals surface area contributed by atoms with Crippen molar-refractivity contribution in [2.24, 2.45) is 0 Å². The number of nitrogens with one attached hydrogen (secondary N) is 4. The summed E-state index contributed by atoms with van der Waals surface area (Å²) in [4.78, 5) is 46.4. The molecule has 246 valence electrons. The standard InChI is InChI=1S/C31H34ClN9O6/c1-45-14-15-47-31(44)35-21-9-10-22-24(17-21)33-13-5-3-4-6-23(29-37-27(22)28(38-29)30(43)46-2)36-26(42)12-7-19-16-20(32)8-11-25(19)41-18-34-39-40-41/h7-12,16-18,23,33H,3-6,13-15H2,1-2H3,(H,35,44)(H,36,42)(H,37,38)/b12-7+. The normalized spacial score (nSPS) is 14.7. The first kappa shape index (κ1) is 33.1. The van der Waals surface area contributed by atoms with Crippen LogP contribution >= 0.6 is 11.6 Å². The topological polar surface area (TPSA) is 187 Å². The van der Waals surface area contributed by atoms with Crippen LogP contribution in [0.5, 0.6) is 0 Å². The molecule has 15 nitrogen and oxygen atoms in total. The second-order valence-electron chi connectivity index (χ2n) is 10.5. The number of fused-ring (bicyclic) bond motifs is 4. The summed E-state index contributed by atoms with van der Waals surface area (Å²) in [5.41, 5.74) is 3.48. The molecule has 3 heterocycles. The Labute approximate surface area is 275 Å². The Morgan fingerprint density at radius 3 is 2.77 bits per heavy atom. The number of hydrogen-bond acceptors (Lipinski definition) is 11. The third kappa shape index (κ3) is 8.51. The van der Waals surface area contributed by atoms with Gasteiger partial charge in [0, 0.05) is 47.3 Å². The van der Waals surface area contributed by atoms with Gasteiger partial charge in [0.2, 0.25) is 5.91 Å². The number of rotatable bonds is 9. The average molecular weight is 664 g/mol. The Morgan fingerprint density at radius 2 is 1.98 bits per heavy atom. The number of anilines is 2. The van der Waals surface area contributed by atoms with Gasteiger partial charge in [-0.1, -0.05) is 24.4 Å². The van der Waals surface area contributed by atoms with Gasteiger partial charge in [-0.2, -0.15) is 4.68 Å². The first-order valence-corrected chi connectivity index (χ1v) is 15.2. The highest BCUT2D eigenvalue weighted by molar-refractivity contribution is 6.30. The fraction of sp³-hybridized carbons (Fsp3) is 0.323. The number of imidazole rings is 1. The molecule has 0 aliphatic carbocycles. The van der Waals surface area contributed by atoms with Gasteiger partial charge < -0.3 is 29.8 Å². The molecule has 1 aliphatic rings. The quantitative estimate of drug-likeness (QED) is 0.112. The van der Waals surface area contributed by atoms with Gasteiger partial charge in [-0.05, 0) is 65.7 Å². The van der Waals surface area contributed by atoms with Crippen molar-refractivity contribution in [3.8, 4) is 16.9 Å². The van der Waals surface area contributed by atoms with E-state index < -0.39 is 18.1 Å². The van der Waals surface area contributed by atoms with Crippen LogP contribution < -0.4 is 16.0 Å². The predicted molar refractivity (Wildman–Crippen MR) is 173 cm³/mol. The lowest BCUT2D eigenvalue weighted by Gasteiger charge is -2.17. The summed E-state index contributed by atoms with van der Waals surface area (Å²) >= 11 is 6.23. The number of halogens is 1. The van der Waals surface area contributed by atoms with Crippen molar-refractivity contribution in [3.05, 3.63) is 70.9 Å². The van der Waals surface area contributed by atoms with Crippen LogP contribution in [0, 0.1) is 0 Å². The van der Waals surface area contributed by atoms with Gasteiger partial charge in [0.1, 0.15) is 24.5 Å². The molecular weight excluding hydrogens is 630 g/mol. The lowest BCUT2D eigenvalue weighted by atomic mass is 10.0. The number of esters is 1. The number of methoxy groups -OCH3 is 2. The van der Waals surface area contributed by atoms with Gasteiger partial charge in [-0.3, -0.25) is 10.1 Å². The van der Waals surface area contributed by atoms with Crippen molar-refractivity contribution in [1.29, 1.82) is 0 Å². The monoisotopic (exact) mass is 663 g/mol. The van der Waals surface area contributed by atoms with E-state index in [0.29, 0.717) is 57.7 Å². The summed E-state index contributed by atoms with van der Waals surface area (Å²) in [6.07, 6.45) is 6.90. The molecule has 0 saturated carbocycles. The molecule has 47 heavy (non-hydrogen) atoms. The van der Waals surface area contributed by atoms with E-state index in [2.05, 4.69) is 36.5 Å². The minimum Gasteiger partial charge on any atom is -0.464 e. The highest BCUT2D eigenvalue weighted by atomic mass is 35.5. The van der Waals surface area contributed by atoms with E-state index >= 15 is 0 Å². The second kappa shape index (κ2) is 15.8. The SMILES string of the molecule is COCCOC(=O)Nc1ccc2c(c1)NCCCCCC(NC(=O)/C=C/c1cc(Cl)ccc1-n1cnnn1)c1nc-2c(C(=O)OC)[nH]1. The Hall–Kier alpha value is -5.28. The van der Waals surface area contributed by atoms with Crippen LogP contribution in [0.15, 0.2) is 48.8 Å². The maximum Gasteiger partial charge on any atom is 0.411 e. The second-order valence-corrected chi connectivity index (χ2v) is 10.9. The number of carbonyl (C=O) groups is 3. The Kier molecular flexibility index (Phi) is 11.1. The number of ether oxygens (including phenoxy) is 3. The summed E-state index contributed by atoms with van der Waals surface area (Å²) in [7, 11) is 2.80. The molecule has 2 amide bonds. The molecule has 1 unspecified atom stereocenters. The van der Waals surface area contributed by atoms with Crippen LogP contribution in [0.1, 0.15) is 53.6 Å². The van der Waals surface area contributed by atoms with E-state index in [0.717, 1.165) is 19.3 Å². The van der Waals surface area contributed by atoms with E-state index in [1.807, 2.05) is 0 Å². The van der Waals surface area contributed by atoms with Gasteiger partial charge in [-0.25, -0.2) is 14.6 Å². The molecular formula is C31H34ClN9O6. The molecule has 2 bridgehead atoms. The van der Waals surface area contributed by atoms with Crippen molar-refractivity contribution >= 4 is 47.0 Å². The number of H-pyrrole nitrogens is 1. The summed E-state index contributed by atoms with van der Waals surface area (Å²) < 4.78 is 16.6. The van der Waals surface area contributed by atoms with E-state index in [9.17, 15) is 14.4 Å². The van der Waals surface area contributed by atoms with Gasteiger partial charge >= 0.3 is 12.1 Å². The third-order valence-electron chi connectivity index (χ3n) is 7.28. The summed E-state index contributed by atoms with van der Waals surface area (Å²) in [6, 6.07) is 9.80. The number of carbonyl (C=O) groups excluding carboxylic acids is 3. The van der Waals surface area contributed by atoms with E-state index in [1.165, 1.54) is 31.3 Å². The van der Waals surface area contributed by atoms with Crippen LogP contribution in [0.25, 0.3) is 23.0 Å². The molecule has 4 N–H and O–H groups in total. The summed E-state index contributed by atoms with van der Waals surface area (Å²) in [5, 5.41) is 20.9. The molecule has 2 aromatic heterocycles. The lowest BCUT2D eigenvalue weighted by Crippen LogP contribution is -2.28. The maximum atomic E-state index is 13.3. The largest absolute Gasteiger partial charge is 0.464 e. The molecule has 2 aromatic carbocycles. The summed E-state index contributed by atoms with van der Waals surface area (Å²) in [5.74, 6) is -0.600. The fourth-order valence-electron chi connectivity index (χ4n) is 5.02. The molecule has 0 saturated heterocycles. The van der Waals surface area contributed by atoms with Gasteiger partial charge in [0.25, 0.3) is 0 Å². The molecule has 16 heteroatoms. The van der Waals surface area contributed by atoms with Crippen LogP contribution in [0.3, 0.4) is 0 Å². The minimum absolute atomic E-state index is 0.111. The van der Waals surface area contributed by atoms with Gasteiger partial charge in [-0.15, -0.1) is 5.10 Å². The van der Waals surface area contributed by atoms with Crippen LogP contribution in [-0.2, 0) is 19.0 Å². The minimum atomic E-state index is -0.623. The fourth-order valence-corrected chi connectivity index (χ4v) is 5.20. The first-order valence-electron chi connectivity index (χ1n) is 14.9. The number of aromatic nitrogens is 6. The molecule has 0 radical (unpaired) electrons. The van der Waals surface area contributed by atoms with Crippen molar-refractivity contribution in [2.75, 3.05) is 44.6 Å². The van der Waals surface area contributed by atoms with Crippen molar-refractivity contribution in [2.45, 2.75) is 31.7 Å². The molecule has 4 aromatic rings. The van der Waals surface area contributed by atoms with Crippen molar-refractivity contribution in [3.63, 3.8) is 0 Å². The highest BCUT2D eigenvalue weighted by Gasteiger charge is 2.26. The number of aromatic amines is 1. The molecule has 0 spiro atoms. The molecule has 1 atom stereocenters. The number of nitrogens with zero attached hydrogens (tertiary/aromatic N) is 5. The smallest absolute Gasteiger partial charge is 0.411 e. The summed E-state index contributed by atoms with van der Waals surface area (Å²) in [6.45, 7) is 1.02. The first-order chi connectivity index (χ1) is 22.9. The Balaban J connectivity index is 1.43. The number of benzene rings is 2. The Morgan fingerprint density at radius 1 is 1.11 bits per heavy atom. The van der Waals surface area contributed by atoms with Crippen molar-refractivity contribution in [1.82, 2.24) is 35.5 Å². The Bertz CT molecular complexity index is 1740. The highest BCUT2D eigenvalue weighted by Crippen LogP contribution is 2.34. The molecule has 0 fully saturated rings. The van der Waals surface area contributed by atoms with Gasteiger partial charge in [0.15, 0.2) is 5.69 Å². The zero-order valence-corrected chi connectivity index (χ0v) is 26.5. The predicted octanol–water partition coefficient (Wildman–Crippen LogP) is 4.54. The van der Waals surface area contributed by atoms with Crippen LogP contribution in [-0.4, -0.2) is 82.1 Å². The van der Waals surface area contributed by atoms with Crippen LogP contribution in [0.2, 0.25) is 5.02 Å². The van der Waals surface area contributed by atoms with Crippen molar-refractivity contribution < 1.29 is 28.6 Å². The zero-order chi connectivity index (χ0) is 33.2. The van der Waals surface area contributed by atoms with E-state index in [4.69, 9.17) is 30.8 Å². The van der Waals surface area contributed by atoms with E-state index in [-0.39, 0.29) is 24.8 Å². The van der Waals surface area contributed by atoms with E-state index in [1.54, 1.807) is 42.5 Å². The van der Waals surface area contributed by atoms with Gasteiger partial charge in [0.05, 0.1) is 25.4 Å². The number of amides is 2. The third-order valence-corrected chi connectivity index (χ3v) is 7.52. The lowest BCUT2D eigenvalue weighted by molar-refractivity contribution is -0.117. The maximum absolute atomic E-state index is 13.3. The average Bonchev–Trinajstić information content (AvgIpc) is 3.76.